The Balaban J connectivity index is 1.78. The minimum absolute atomic E-state index is 0.0286. The first-order chi connectivity index (χ1) is 11.1. The molecule has 0 bridgehead atoms. The summed E-state index contributed by atoms with van der Waals surface area (Å²) in [6.07, 6.45) is 0. The van der Waals surface area contributed by atoms with E-state index in [1.807, 2.05) is 68.4 Å². The number of hydrogen-bond acceptors (Lipinski definition) is 3. The first-order valence-electron chi connectivity index (χ1n) is 7.48. The number of para-hydroxylation sites is 1. The van der Waals surface area contributed by atoms with Gasteiger partial charge in [0.25, 0.3) is 5.91 Å². The summed E-state index contributed by atoms with van der Waals surface area (Å²) < 4.78 is 5.48. The van der Waals surface area contributed by atoms with Crippen molar-refractivity contribution < 1.29 is 9.53 Å². The molecule has 0 saturated carbocycles. The average molecular weight is 306 g/mol. The van der Waals surface area contributed by atoms with Crippen molar-refractivity contribution in [3.63, 3.8) is 0 Å². The largest absolute Gasteiger partial charge is 0.484 e. The highest BCUT2D eigenvalue weighted by Gasteiger charge is 2.10. The lowest BCUT2D eigenvalue weighted by atomic mass is 10.1. The summed E-state index contributed by atoms with van der Waals surface area (Å²) in [5.74, 6) is 0.486. The minimum Gasteiger partial charge on any atom is -0.484 e. The van der Waals surface area contributed by atoms with Crippen LogP contribution in [0.25, 0.3) is 10.9 Å². The molecule has 116 valence electrons. The molecule has 2 aromatic carbocycles. The number of aromatic nitrogens is 1. The van der Waals surface area contributed by atoms with E-state index in [2.05, 4.69) is 10.3 Å². The van der Waals surface area contributed by atoms with E-state index in [1.54, 1.807) is 0 Å². The van der Waals surface area contributed by atoms with Crippen molar-refractivity contribution in [1.29, 1.82) is 0 Å². The van der Waals surface area contributed by atoms with Crippen LogP contribution >= 0.6 is 0 Å². The number of anilines is 1. The van der Waals surface area contributed by atoms with Gasteiger partial charge in [-0.1, -0.05) is 24.3 Å². The van der Waals surface area contributed by atoms with Crippen LogP contribution in [0.1, 0.15) is 11.3 Å². The van der Waals surface area contributed by atoms with Crippen LogP contribution in [0, 0.1) is 13.8 Å². The molecule has 0 radical (unpaired) electrons. The molecule has 0 unspecified atom stereocenters. The zero-order chi connectivity index (χ0) is 16.2. The van der Waals surface area contributed by atoms with Crippen LogP contribution in [0.4, 0.5) is 5.69 Å². The molecule has 1 aromatic heterocycles. The Morgan fingerprint density at radius 1 is 1.04 bits per heavy atom. The molecular weight excluding hydrogens is 288 g/mol. The average Bonchev–Trinajstić information content (AvgIpc) is 2.56. The van der Waals surface area contributed by atoms with E-state index >= 15 is 0 Å². The maximum absolute atomic E-state index is 12.2. The Morgan fingerprint density at radius 3 is 2.61 bits per heavy atom. The summed E-state index contributed by atoms with van der Waals surface area (Å²) in [7, 11) is 0. The summed E-state index contributed by atoms with van der Waals surface area (Å²) in [6.45, 7) is 3.89. The van der Waals surface area contributed by atoms with Gasteiger partial charge in [-0.15, -0.1) is 0 Å². The van der Waals surface area contributed by atoms with Gasteiger partial charge in [0.15, 0.2) is 6.61 Å². The lowest BCUT2D eigenvalue weighted by Gasteiger charge is -2.12. The van der Waals surface area contributed by atoms with Gasteiger partial charge < -0.3 is 10.1 Å². The number of ether oxygens (including phenoxy) is 1. The number of nitrogens with one attached hydrogen (secondary N) is 1. The Labute approximate surface area is 135 Å². The van der Waals surface area contributed by atoms with Crippen molar-refractivity contribution in [3.05, 3.63) is 65.9 Å². The molecule has 1 heterocycles. The van der Waals surface area contributed by atoms with E-state index in [0.717, 1.165) is 27.8 Å². The Morgan fingerprint density at radius 2 is 1.83 bits per heavy atom. The van der Waals surface area contributed by atoms with Crippen LogP contribution < -0.4 is 10.1 Å². The van der Waals surface area contributed by atoms with Gasteiger partial charge in [-0.05, 0) is 49.7 Å². The molecule has 0 spiro atoms. The highest BCUT2D eigenvalue weighted by molar-refractivity contribution is 6.02. The lowest BCUT2D eigenvalue weighted by molar-refractivity contribution is -0.118. The molecule has 3 aromatic rings. The smallest absolute Gasteiger partial charge is 0.262 e. The summed E-state index contributed by atoms with van der Waals surface area (Å²) in [5.41, 5.74) is 3.61. The van der Waals surface area contributed by atoms with Crippen molar-refractivity contribution in [2.45, 2.75) is 13.8 Å². The molecule has 0 aliphatic carbocycles. The molecule has 1 amide bonds. The molecule has 4 nitrogen and oxygen atoms in total. The molecule has 0 saturated heterocycles. The highest BCUT2D eigenvalue weighted by atomic mass is 16.5. The fraction of sp³-hybridized carbons (Fsp3) is 0.158. The molecule has 4 heteroatoms. The van der Waals surface area contributed by atoms with Crippen LogP contribution in [-0.4, -0.2) is 17.5 Å². The van der Waals surface area contributed by atoms with Gasteiger partial charge in [-0.2, -0.15) is 0 Å². The quantitative estimate of drug-likeness (QED) is 0.796. The number of pyridine rings is 1. The first kappa shape index (κ1) is 15.0. The fourth-order valence-corrected chi connectivity index (χ4v) is 2.42. The molecule has 0 atom stereocenters. The van der Waals surface area contributed by atoms with Crippen LogP contribution in [0.2, 0.25) is 0 Å². The number of rotatable bonds is 4. The predicted molar refractivity (Wildman–Crippen MR) is 91.8 cm³/mol. The van der Waals surface area contributed by atoms with E-state index in [9.17, 15) is 4.79 Å². The van der Waals surface area contributed by atoms with Crippen LogP contribution in [0.3, 0.4) is 0 Å². The Hall–Kier alpha value is -2.88. The normalized spacial score (nSPS) is 10.5. The summed E-state index contributed by atoms with van der Waals surface area (Å²) >= 11 is 0. The van der Waals surface area contributed by atoms with Crippen molar-refractivity contribution in [2.75, 3.05) is 11.9 Å². The monoisotopic (exact) mass is 306 g/mol. The topological polar surface area (TPSA) is 51.2 Å². The fourth-order valence-electron chi connectivity index (χ4n) is 2.42. The number of aryl methyl sites for hydroxylation is 2. The zero-order valence-corrected chi connectivity index (χ0v) is 13.2. The standard InChI is InChI=1S/C19H18N2O2/c1-13-8-11-17-16(10-9-14(2)20-17)19(13)21-18(22)12-23-15-6-4-3-5-7-15/h3-11H,12H2,1-2H3,(H,21,22). The van der Waals surface area contributed by atoms with Gasteiger partial charge in [-0.3, -0.25) is 9.78 Å². The van der Waals surface area contributed by atoms with Gasteiger partial charge in [-0.25, -0.2) is 0 Å². The predicted octanol–water partition coefficient (Wildman–Crippen LogP) is 3.87. The lowest BCUT2D eigenvalue weighted by Crippen LogP contribution is -2.20. The number of amides is 1. The Bertz CT molecular complexity index is 845. The van der Waals surface area contributed by atoms with Gasteiger partial charge in [0.2, 0.25) is 0 Å². The molecule has 1 N–H and O–H groups in total. The van der Waals surface area contributed by atoms with Crippen LogP contribution in [0.5, 0.6) is 5.75 Å². The number of carbonyl (C=O) groups is 1. The van der Waals surface area contributed by atoms with Crippen LogP contribution in [-0.2, 0) is 4.79 Å². The molecule has 0 aliphatic rings. The van der Waals surface area contributed by atoms with E-state index in [1.165, 1.54) is 0 Å². The van der Waals surface area contributed by atoms with E-state index in [0.29, 0.717) is 5.75 Å². The van der Waals surface area contributed by atoms with Gasteiger partial charge in [0.05, 0.1) is 11.2 Å². The molecule has 0 fully saturated rings. The van der Waals surface area contributed by atoms with E-state index in [4.69, 9.17) is 4.74 Å². The van der Waals surface area contributed by atoms with Crippen LogP contribution in [0.15, 0.2) is 54.6 Å². The number of nitrogens with zero attached hydrogens (tertiary/aromatic N) is 1. The number of benzene rings is 2. The van der Waals surface area contributed by atoms with E-state index < -0.39 is 0 Å². The SMILES string of the molecule is Cc1ccc2c(NC(=O)COc3ccccc3)c(C)ccc2n1. The van der Waals surface area contributed by atoms with Crippen molar-refractivity contribution in [1.82, 2.24) is 4.98 Å². The number of fused-ring (bicyclic) bond motifs is 1. The maximum Gasteiger partial charge on any atom is 0.262 e. The number of carbonyl (C=O) groups excluding carboxylic acids is 1. The molecular formula is C19H18N2O2. The second kappa shape index (κ2) is 6.48. The summed E-state index contributed by atoms with van der Waals surface area (Å²) in [5, 5.41) is 3.87. The minimum atomic E-state index is -0.190. The second-order valence-corrected chi connectivity index (χ2v) is 5.43. The third kappa shape index (κ3) is 3.48. The molecule has 0 aliphatic heterocycles. The van der Waals surface area contributed by atoms with Gasteiger partial charge in [0, 0.05) is 11.1 Å². The molecule has 3 rings (SSSR count). The van der Waals surface area contributed by atoms with Crippen molar-refractivity contribution >= 4 is 22.5 Å². The molecule has 23 heavy (non-hydrogen) atoms. The maximum atomic E-state index is 12.2. The van der Waals surface area contributed by atoms with Crippen molar-refractivity contribution in [2.24, 2.45) is 0 Å². The first-order valence-corrected chi connectivity index (χ1v) is 7.48. The van der Waals surface area contributed by atoms with Crippen molar-refractivity contribution in [3.8, 4) is 5.75 Å². The zero-order valence-electron chi connectivity index (χ0n) is 13.2. The van der Waals surface area contributed by atoms with Gasteiger partial charge >= 0.3 is 0 Å². The summed E-state index contributed by atoms with van der Waals surface area (Å²) in [6, 6.07) is 17.1. The highest BCUT2D eigenvalue weighted by Crippen LogP contribution is 2.26. The third-order valence-corrected chi connectivity index (χ3v) is 3.60. The van der Waals surface area contributed by atoms with Gasteiger partial charge in [0.1, 0.15) is 5.75 Å². The van der Waals surface area contributed by atoms with E-state index in [-0.39, 0.29) is 12.5 Å². The Kier molecular flexibility index (Phi) is 4.24. The third-order valence-electron chi connectivity index (χ3n) is 3.60. The second-order valence-electron chi connectivity index (χ2n) is 5.43. The summed E-state index contributed by atoms with van der Waals surface area (Å²) in [4.78, 5) is 16.7. The number of hydrogen-bond donors (Lipinski definition) is 1.